The second-order valence-corrected chi connectivity index (χ2v) is 3.70. The number of aromatic nitrogens is 1. The molecule has 19 heavy (non-hydrogen) atoms. The van der Waals surface area contributed by atoms with Crippen LogP contribution in [0.4, 0.5) is 17.3 Å². The number of nitrogens with one attached hydrogen (secondary N) is 3. The monoisotopic (exact) mass is 267 g/mol. The number of nitrogens with zero attached hydrogens (tertiary/aromatic N) is 2. The van der Waals surface area contributed by atoms with Crippen molar-refractivity contribution in [3.63, 3.8) is 0 Å². The Labute approximate surface area is 110 Å². The van der Waals surface area contributed by atoms with E-state index in [4.69, 9.17) is 0 Å². The molecule has 0 spiro atoms. The highest BCUT2D eigenvalue weighted by atomic mass is 16.6. The molecular weight excluding hydrogens is 250 g/mol. The summed E-state index contributed by atoms with van der Waals surface area (Å²) >= 11 is 0. The zero-order valence-corrected chi connectivity index (χ0v) is 10.9. The van der Waals surface area contributed by atoms with E-state index in [2.05, 4.69) is 20.9 Å². The van der Waals surface area contributed by atoms with Crippen LogP contribution < -0.4 is 16.0 Å². The van der Waals surface area contributed by atoms with E-state index >= 15 is 0 Å². The predicted molar refractivity (Wildman–Crippen MR) is 72.2 cm³/mol. The van der Waals surface area contributed by atoms with Crippen LogP contribution in [0.15, 0.2) is 12.1 Å². The Hall–Kier alpha value is -2.38. The highest BCUT2D eigenvalue weighted by molar-refractivity contribution is 5.76. The minimum absolute atomic E-state index is 0.109. The summed E-state index contributed by atoms with van der Waals surface area (Å²) in [6.45, 7) is 2.67. The van der Waals surface area contributed by atoms with Gasteiger partial charge in [-0.2, -0.15) is 0 Å². The Bertz CT molecular complexity index is 464. The lowest BCUT2D eigenvalue weighted by Gasteiger charge is -2.08. The molecule has 0 saturated carbocycles. The van der Waals surface area contributed by atoms with Crippen LogP contribution >= 0.6 is 0 Å². The Kier molecular flexibility index (Phi) is 5.52. The first kappa shape index (κ1) is 14.7. The number of amides is 1. The van der Waals surface area contributed by atoms with Gasteiger partial charge in [0.15, 0.2) is 0 Å². The van der Waals surface area contributed by atoms with Gasteiger partial charge in [-0.15, -0.1) is 0 Å². The fourth-order valence-electron chi connectivity index (χ4n) is 1.45. The van der Waals surface area contributed by atoms with E-state index in [9.17, 15) is 14.9 Å². The summed E-state index contributed by atoms with van der Waals surface area (Å²) < 4.78 is 0. The summed E-state index contributed by atoms with van der Waals surface area (Å²) in [4.78, 5) is 25.7. The molecule has 0 radical (unpaired) electrons. The molecule has 0 aromatic carbocycles. The maximum absolute atomic E-state index is 11.3. The van der Waals surface area contributed by atoms with Crippen molar-refractivity contribution in [3.05, 3.63) is 22.2 Å². The molecular formula is C11H17N5O3. The van der Waals surface area contributed by atoms with Crippen LogP contribution in [0.5, 0.6) is 0 Å². The van der Waals surface area contributed by atoms with E-state index < -0.39 is 4.92 Å². The first-order valence-corrected chi connectivity index (χ1v) is 5.92. The summed E-state index contributed by atoms with van der Waals surface area (Å²) in [5.41, 5.74) is -0.116. The standard InChI is InChI=1S/C11H17N5O3/c1-3-13-10(17)6-7-14-11-8(16(18)19)4-5-9(12-2)15-11/h4-5H,3,6-7H2,1-2H3,(H,13,17)(H2,12,14,15). The van der Waals surface area contributed by atoms with Gasteiger partial charge in [-0.05, 0) is 13.0 Å². The van der Waals surface area contributed by atoms with Gasteiger partial charge in [0.1, 0.15) is 5.82 Å². The normalized spacial score (nSPS) is 9.79. The van der Waals surface area contributed by atoms with Crippen molar-refractivity contribution in [2.24, 2.45) is 0 Å². The Morgan fingerprint density at radius 3 is 2.79 bits per heavy atom. The third kappa shape index (κ3) is 4.41. The van der Waals surface area contributed by atoms with Gasteiger partial charge in [-0.25, -0.2) is 4.98 Å². The van der Waals surface area contributed by atoms with Crippen molar-refractivity contribution in [1.82, 2.24) is 10.3 Å². The molecule has 1 rings (SSSR count). The van der Waals surface area contributed by atoms with Gasteiger partial charge in [-0.1, -0.05) is 0 Å². The van der Waals surface area contributed by atoms with Gasteiger partial charge >= 0.3 is 5.69 Å². The number of rotatable bonds is 7. The van der Waals surface area contributed by atoms with Crippen LogP contribution in [0, 0.1) is 10.1 Å². The Morgan fingerprint density at radius 1 is 1.47 bits per heavy atom. The van der Waals surface area contributed by atoms with Crippen LogP contribution in [-0.2, 0) is 4.79 Å². The third-order valence-corrected chi connectivity index (χ3v) is 2.35. The number of anilines is 2. The van der Waals surface area contributed by atoms with Crippen molar-refractivity contribution >= 4 is 23.2 Å². The molecule has 0 fully saturated rings. The maximum Gasteiger partial charge on any atom is 0.311 e. The zero-order valence-electron chi connectivity index (χ0n) is 10.9. The molecule has 0 aliphatic rings. The number of pyridine rings is 1. The topological polar surface area (TPSA) is 109 Å². The minimum Gasteiger partial charge on any atom is -0.373 e. The number of carbonyl (C=O) groups excluding carboxylic acids is 1. The molecule has 1 amide bonds. The third-order valence-electron chi connectivity index (χ3n) is 2.35. The highest BCUT2D eigenvalue weighted by Crippen LogP contribution is 2.23. The van der Waals surface area contributed by atoms with Crippen LogP contribution in [0.25, 0.3) is 0 Å². The number of carbonyl (C=O) groups is 1. The second kappa shape index (κ2) is 7.14. The van der Waals surface area contributed by atoms with E-state index in [-0.39, 0.29) is 30.4 Å². The Balaban J connectivity index is 2.69. The molecule has 104 valence electrons. The lowest BCUT2D eigenvalue weighted by atomic mass is 10.3. The van der Waals surface area contributed by atoms with Gasteiger partial charge in [-0.3, -0.25) is 14.9 Å². The van der Waals surface area contributed by atoms with Crippen molar-refractivity contribution in [1.29, 1.82) is 0 Å². The molecule has 0 unspecified atom stereocenters. The van der Waals surface area contributed by atoms with Gasteiger partial charge in [0, 0.05) is 32.6 Å². The SMILES string of the molecule is CCNC(=O)CCNc1nc(NC)ccc1[N+](=O)[O-]. The molecule has 0 bridgehead atoms. The molecule has 0 atom stereocenters. The van der Waals surface area contributed by atoms with E-state index in [1.165, 1.54) is 12.1 Å². The molecule has 0 aliphatic heterocycles. The average molecular weight is 267 g/mol. The number of hydrogen-bond donors (Lipinski definition) is 3. The van der Waals surface area contributed by atoms with Crippen LogP contribution in [-0.4, -0.2) is 36.0 Å². The summed E-state index contributed by atoms with van der Waals surface area (Å²) in [5, 5.41) is 19.1. The molecule has 0 aliphatic carbocycles. The molecule has 3 N–H and O–H groups in total. The van der Waals surface area contributed by atoms with E-state index in [0.717, 1.165) is 0 Å². The molecule has 1 aromatic rings. The van der Waals surface area contributed by atoms with Crippen molar-refractivity contribution in [3.8, 4) is 0 Å². The summed E-state index contributed by atoms with van der Waals surface area (Å²) in [6.07, 6.45) is 0.233. The fourth-order valence-corrected chi connectivity index (χ4v) is 1.45. The van der Waals surface area contributed by atoms with Gasteiger partial charge in [0.05, 0.1) is 4.92 Å². The van der Waals surface area contributed by atoms with Gasteiger partial charge in [0.2, 0.25) is 11.7 Å². The van der Waals surface area contributed by atoms with Crippen molar-refractivity contribution in [2.45, 2.75) is 13.3 Å². The van der Waals surface area contributed by atoms with Gasteiger partial charge < -0.3 is 16.0 Å². The largest absolute Gasteiger partial charge is 0.373 e. The van der Waals surface area contributed by atoms with Gasteiger partial charge in [0.25, 0.3) is 0 Å². The summed E-state index contributed by atoms with van der Waals surface area (Å²) in [6, 6.07) is 2.89. The van der Waals surface area contributed by atoms with Crippen molar-refractivity contribution in [2.75, 3.05) is 30.8 Å². The smallest absolute Gasteiger partial charge is 0.311 e. The maximum atomic E-state index is 11.3. The molecule has 8 heteroatoms. The van der Waals surface area contributed by atoms with E-state index in [0.29, 0.717) is 12.4 Å². The average Bonchev–Trinajstić information content (AvgIpc) is 2.38. The molecule has 0 saturated heterocycles. The zero-order chi connectivity index (χ0) is 14.3. The van der Waals surface area contributed by atoms with Crippen LogP contribution in [0.1, 0.15) is 13.3 Å². The van der Waals surface area contributed by atoms with Crippen LogP contribution in [0.2, 0.25) is 0 Å². The minimum atomic E-state index is -0.513. The second-order valence-electron chi connectivity index (χ2n) is 3.70. The lowest BCUT2D eigenvalue weighted by Crippen LogP contribution is -2.25. The van der Waals surface area contributed by atoms with Crippen molar-refractivity contribution < 1.29 is 9.72 Å². The quantitative estimate of drug-likeness (QED) is 0.501. The molecule has 1 heterocycles. The van der Waals surface area contributed by atoms with E-state index in [1.807, 2.05) is 6.92 Å². The molecule has 1 aromatic heterocycles. The Morgan fingerprint density at radius 2 is 2.21 bits per heavy atom. The number of nitro groups is 1. The number of hydrogen-bond acceptors (Lipinski definition) is 6. The first-order valence-electron chi connectivity index (χ1n) is 5.92. The van der Waals surface area contributed by atoms with Crippen LogP contribution in [0.3, 0.4) is 0 Å². The fraction of sp³-hybridized carbons (Fsp3) is 0.455. The first-order chi connectivity index (χ1) is 9.08. The lowest BCUT2D eigenvalue weighted by molar-refractivity contribution is -0.384. The summed E-state index contributed by atoms with van der Waals surface area (Å²) in [7, 11) is 1.67. The van der Waals surface area contributed by atoms with E-state index in [1.54, 1.807) is 7.05 Å². The molecule has 8 nitrogen and oxygen atoms in total. The highest BCUT2D eigenvalue weighted by Gasteiger charge is 2.15. The summed E-state index contributed by atoms with van der Waals surface area (Å²) in [5.74, 6) is 0.565. The predicted octanol–water partition coefficient (Wildman–Crippen LogP) is 0.970.